The maximum atomic E-state index is 10.9. The number of carbonyl (C=O) groups excluding carboxylic acids is 2. The molecule has 94 valence electrons. The molecule has 1 unspecified atom stereocenters. The molecule has 0 saturated heterocycles. The van der Waals surface area contributed by atoms with Crippen LogP contribution in [0.15, 0.2) is 0 Å². The maximum absolute atomic E-state index is 10.9. The minimum absolute atomic E-state index is 0.117. The SMILES string of the molecule is NC(=O)CCC(C(N)=O)N(O)CP(=O)(O)O. The highest BCUT2D eigenvalue weighted by molar-refractivity contribution is 7.51. The van der Waals surface area contributed by atoms with Crippen LogP contribution in [0, 0.1) is 0 Å². The fraction of sp³-hybridized carbons (Fsp3) is 0.667. The van der Waals surface area contributed by atoms with Gasteiger partial charge in [0.1, 0.15) is 12.3 Å². The van der Waals surface area contributed by atoms with Crippen molar-refractivity contribution in [3.63, 3.8) is 0 Å². The molecule has 16 heavy (non-hydrogen) atoms. The Morgan fingerprint density at radius 3 is 2.12 bits per heavy atom. The van der Waals surface area contributed by atoms with Crippen LogP contribution in [0.2, 0.25) is 0 Å². The van der Waals surface area contributed by atoms with Crippen molar-refractivity contribution in [3.05, 3.63) is 0 Å². The zero-order valence-electron chi connectivity index (χ0n) is 8.31. The number of primary amides is 2. The van der Waals surface area contributed by atoms with Crippen LogP contribution in [0.5, 0.6) is 0 Å². The highest BCUT2D eigenvalue weighted by atomic mass is 31.2. The molecule has 0 heterocycles. The largest absolute Gasteiger partial charge is 0.370 e. The lowest BCUT2D eigenvalue weighted by Crippen LogP contribution is -2.43. The van der Waals surface area contributed by atoms with Crippen LogP contribution in [-0.2, 0) is 14.2 Å². The molecule has 9 nitrogen and oxygen atoms in total. The monoisotopic (exact) mass is 255 g/mol. The quantitative estimate of drug-likeness (QED) is 0.257. The number of rotatable bonds is 7. The molecule has 1 atom stereocenters. The summed E-state index contributed by atoms with van der Waals surface area (Å²) in [5.74, 6) is -1.71. The Balaban J connectivity index is 4.47. The fourth-order valence-electron chi connectivity index (χ4n) is 1.00. The first-order valence-electron chi connectivity index (χ1n) is 4.21. The molecular formula is C6H14N3O6P. The standard InChI is InChI=1S/C6H14N3O6P/c7-5(10)2-1-4(6(8)11)9(12)3-16(13,14)15/h4,12H,1-3H2,(H2,7,10)(H2,8,11)(H2,13,14,15). The molecule has 2 amide bonds. The van der Waals surface area contributed by atoms with Crippen LogP contribution in [0.1, 0.15) is 12.8 Å². The summed E-state index contributed by atoms with van der Waals surface area (Å²) in [6.45, 7) is 0. The van der Waals surface area contributed by atoms with Crippen molar-refractivity contribution in [2.75, 3.05) is 6.29 Å². The molecule has 10 heteroatoms. The van der Waals surface area contributed by atoms with Crippen molar-refractivity contribution < 1.29 is 29.1 Å². The predicted octanol–water partition coefficient (Wildman–Crippen LogP) is -2.07. The van der Waals surface area contributed by atoms with E-state index in [2.05, 4.69) is 0 Å². The Kier molecular flexibility index (Phi) is 5.56. The zero-order valence-corrected chi connectivity index (χ0v) is 9.21. The van der Waals surface area contributed by atoms with E-state index >= 15 is 0 Å². The van der Waals surface area contributed by atoms with Gasteiger partial charge in [0, 0.05) is 6.42 Å². The Hall–Kier alpha value is -0.990. The normalized spacial score (nSPS) is 13.8. The van der Waals surface area contributed by atoms with Gasteiger partial charge in [-0.15, -0.1) is 0 Å². The van der Waals surface area contributed by atoms with Crippen LogP contribution in [0.4, 0.5) is 0 Å². The number of nitrogens with two attached hydrogens (primary N) is 2. The van der Waals surface area contributed by atoms with Crippen molar-refractivity contribution in [1.82, 2.24) is 5.06 Å². The Morgan fingerprint density at radius 2 is 1.81 bits per heavy atom. The molecule has 0 aliphatic carbocycles. The molecule has 0 aromatic carbocycles. The van der Waals surface area contributed by atoms with Gasteiger partial charge in [0.25, 0.3) is 0 Å². The summed E-state index contributed by atoms with van der Waals surface area (Å²) in [5, 5.41) is 9.33. The van der Waals surface area contributed by atoms with E-state index in [-0.39, 0.29) is 17.9 Å². The lowest BCUT2D eigenvalue weighted by Gasteiger charge is -2.22. The average molecular weight is 255 g/mol. The van der Waals surface area contributed by atoms with E-state index < -0.39 is 31.7 Å². The summed E-state index contributed by atoms with van der Waals surface area (Å²) in [7, 11) is -4.51. The van der Waals surface area contributed by atoms with Gasteiger partial charge in [-0.05, 0) is 6.42 Å². The summed E-state index contributed by atoms with van der Waals surface area (Å²) < 4.78 is 10.6. The van der Waals surface area contributed by atoms with E-state index in [4.69, 9.17) is 21.3 Å². The second-order valence-corrected chi connectivity index (χ2v) is 4.78. The van der Waals surface area contributed by atoms with E-state index in [1.165, 1.54) is 0 Å². The molecule has 0 radical (unpaired) electrons. The number of hydrogen-bond acceptors (Lipinski definition) is 5. The molecule has 0 saturated carbocycles. The van der Waals surface area contributed by atoms with Crippen molar-refractivity contribution in [2.45, 2.75) is 18.9 Å². The smallest absolute Gasteiger partial charge is 0.341 e. The van der Waals surface area contributed by atoms with Gasteiger partial charge < -0.3 is 26.5 Å². The lowest BCUT2D eigenvalue weighted by atomic mass is 10.1. The van der Waals surface area contributed by atoms with Crippen LogP contribution >= 0.6 is 7.60 Å². The third-order valence-corrected chi connectivity index (χ3v) is 2.34. The molecule has 0 aromatic heterocycles. The number of nitrogens with zero attached hydrogens (tertiary/aromatic N) is 1. The molecule has 0 rings (SSSR count). The summed E-state index contributed by atoms with van der Waals surface area (Å²) in [6, 6.07) is -1.36. The first-order valence-corrected chi connectivity index (χ1v) is 6.01. The Bertz CT molecular complexity index is 315. The molecule has 0 spiro atoms. The van der Waals surface area contributed by atoms with Crippen molar-refractivity contribution >= 4 is 19.4 Å². The summed E-state index contributed by atoms with van der Waals surface area (Å²) in [4.78, 5) is 38.4. The van der Waals surface area contributed by atoms with E-state index in [1.54, 1.807) is 0 Å². The van der Waals surface area contributed by atoms with Gasteiger partial charge in [-0.1, -0.05) is 0 Å². The third kappa shape index (κ3) is 6.49. The minimum Gasteiger partial charge on any atom is -0.370 e. The van der Waals surface area contributed by atoms with Gasteiger partial charge in [-0.25, -0.2) is 0 Å². The van der Waals surface area contributed by atoms with Gasteiger partial charge in [0.05, 0.1) is 0 Å². The van der Waals surface area contributed by atoms with Crippen LogP contribution in [-0.4, -0.2) is 44.2 Å². The summed E-state index contributed by atoms with van der Waals surface area (Å²) in [6.07, 6.45) is -1.48. The topological polar surface area (TPSA) is 167 Å². The van der Waals surface area contributed by atoms with Gasteiger partial charge in [-0.2, -0.15) is 5.06 Å². The molecule has 0 aliphatic rings. The van der Waals surface area contributed by atoms with Crippen molar-refractivity contribution in [1.29, 1.82) is 0 Å². The predicted molar refractivity (Wildman–Crippen MR) is 51.9 cm³/mol. The zero-order chi connectivity index (χ0) is 12.9. The van der Waals surface area contributed by atoms with E-state index in [0.29, 0.717) is 0 Å². The maximum Gasteiger partial charge on any atom is 0.341 e. The number of hydroxylamine groups is 2. The minimum atomic E-state index is -4.51. The molecule has 0 aliphatic heterocycles. The second kappa shape index (κ2) is 5.92. The van der Waals surface area contributed by atoms with E-state index in [0.717, 1.165) is 0 Å². The van der Waals surface area contributed by atoms with Crippen LogP contribution in [0.3, 0.4) is 0 Å². The van der Waals surface area contributed by atoms with E-state index in [1.807, 2.05) is 0 Å². The number of carbonyl (C=O) groups is 2. The number of amides is 2. The highest BCUT2D eigenvalue weighted by Gasteiger charge is 2.28. The molecule has 0 fully saturated rings. The van der Waals surface area contributed by atoms with Gasteiger partial charge in [0.15, 0.2) is 0 Å². The van der Waals surface area contributed by atoms with Gasteiger partial charge in [0.2, 0.25) is 11.8 Å². The van der Waals surface area contributed by atoms with Gasteiger partial charge >= 0.3 is 7.60 Å². The summed E-state index contributed by atoms with van der Waals surface area (Å²) >= 11 is 0. The van der Waals surface area contributed by atoms with E-state index in [9.17, 15) is 19.4 Å². The molecular weight excluding hydrogens is 241 g/mol. The van der Waals surface area contributed by atoms with Crippen LogP contribution < -0.4 is 11.5 Å². The fourth-order valence-corrected chi connectivity index (χ4v) is 1.58. The summed E-state index contributed by atoms with van der Waals surface area (Å²) in [5.41, 5.74) is 9.72. The molecule has 0 bridgehead atoms. The van der Waals surface area contributed by atoms with Crippen molar-refractivity contribution in [2.24, 2.45) is 11.5 Å². The Labute approximate surface area is 91.1 Å². The number of hydrogen-bond donors (Lipinski definition) is 5. The first-order chi connectivity index (χ1) is 7.13. The average Bonchev–Trinajstić information content (AvgIpc) is 1.98. The van der Waals surface area contributed by atoms with Gasteiger partial charge in [-0.3, -0.25) is 14.2 Å². The van der Waals surface area contributed by atoms with Crippen molar-refractivity contribution in [3.8, 4) is 0 Å². The molecule has 7 N–H and O–H groups in total. The Morgan fingerprint density at radius 1 is 1.31 bits per heavy atom. The lowest BCUT2D eigenvalue weighted by molar-refractivity contribution is -0.148. The molecule has 0 aromatic rings. The highest BCUT2D eigenvalue weighted by Crippen LogP contribution is 2.35. The third-order valence-electron chi connectivity index (χ3n) is 1.68. The second-order valence-electron chi connectivity index (χ2n) is 3.17. The van der Waals surface area contributed by atoms with Crippen LogP contribution in [0.25, 0.3) is 0 Å². The first kappa shape index (κ1) is 15.0.